The van der Waals surface area contributed by atoms with Crippen LogP contribution in [0.25, 0.3) is 0 Å². The minimum absolute atomic E-state index is 0.895. The third-order valence-electron chi connectivity index (χ3n) is 7.53. The molecule has 4 aliphatic rings. The summed E-state index contributed by atoms with van der Waals surface area (Å²) in [5, 5.41) is 0. The molecule has 0 heterocycles. The Labute approximate surface area is 159 Å². The molecule has 4 rings (SSSR count). The van der Waals surface area contributed by atoms with Gasteiger partial charge in [0.15, 0.2) is 0 Å². The van der Waals surface area contributed by atoms with E-state index in [4.69, 9.17) is 0 Å². The molecule has 0 nitrogen and oxygen atoms in total. The fraction of sp³-hybridized carbons (Fsp3) is 0.667. The van der Waals surface area contributed by atoms with Crippen LogP contribution in [0, 0.1) is 11.8 Å². The third-order valence-corrected chi connectivity index (χ3v) is 17.4. The first-order valence-corrected chi connectivity index (χ1v) is 18.4. The summed E-state index contributed by atoms with van der Waals surface area (Å²) in [6.07, 6.45) is 27.3. The molecular weight excluding hydrogens is 379 g/mol. The second-order valence-corrected chi connectivity index (χ2v) is 20.3. The molecule has 0 aliphatic heterocycles. The predicted molar refractivity (Wildman–Crippen MR) is 106 cm³/mol. The van der Waals surface area contributed by atoms with E-state index in [1.54, 1.807) is 0 Å². The van der Waals surface area contributed by atoms with E-state index in [2.05, 4.69) is 33.6 Å². The average Bonchev–Trinajstić information content (AvgIpc) is 3.33. The quantitative estimate of drug-likeness (QED) is 0.439. The molecule has 0 saturated heterocycles. The summed E-state index contributed by atoms with van der Waals surface area (Å²) < 4.78 is 9.41. The van der Waals surface area contributed by atoms with Crippen LogP contribution < -0.4 is 0 Å². The first-order chi connectivity index (χ1) is 12.2. The Balaban J connectivity index is 1.65. The molecule has 1 heteroatoms. The standard InChI is InChI=1S/2C11H15.2CH3.Zr/c2*1-2-6-10(7-3-1)11-8-4-5-9-11;;;/h2*4,8,10H,1-3,5-7H2;2*1H3;. The molecule has 0 aromatic rings. The molecule has 0 N–H and O–H groups in total. The van der Waals surface area contributed by atoms with Gasteiger partial charge in [-0.3, -0.25) is 0 Å². The number of hydrogen-bond acceptors (Lipinski definition) is 0. The molecule has 2 saturated carbocycles. The Morgan fingerprint density at radius 1 is 0.640 bits per heavy atom. The van der Waals surface area contributed by atoms with Gasteiger partial charge < -0.3 is 0 Å². The van der Waals surface area contributed by atoms with Crippen LogP contribution in [0.5, 0.6) is 0 Å². The molecule has 0 aromatic carbocycles. The Hall–Kier alpha value is -0.157. The van der Waals surface area contributed by atoms with Crippen molar-refractivity contribution in [3.63, 3.8) is 0 Å². The monoisotopic (exact) mass is 414 g/mol. The summed E-state index contributed by atoms with van der Waals surface area (Å²) in [5.41, 5.74) is 3.64. The minimum atomic E-state index is -2.39. The summed E-state index contributed by atoms with van der Waals surface area (Å²) in [5.74, 6) is 1.79. The first kappa shape index (κ1) is 18.2. The van der Waals surface area contributed by atoms with Gasteiger partial charge >= 0.3 is 160 Å². The molecule has 2 fully saturated rings. The van der Waals surface area contributed by atoms with E-state index >= 15 is 0 Å². The molecule has 4 aliphatic carbocycles. The topological polar surface area (TPSA) is 0 Å². The third kappa shape index (κ3) is 3.65. The summed E-state index contributed by atoms with van der Waals surface area (Å²) >= 11 is -2.39. The number of rotatable bonds is 4. The van der Waals surface area contributed by atoms with Gasteiger partial charge in [-0.25, -0.2) is 0 Å². The van der Waals surface area contributed by atoms with Crippen molar-refractivity contribution in [2.45, 2.75) is 86.3 Å². The summed E-state index contributed by atoms with van der Waals surface area (Å²) in [4.78, 5) is 0. The zero-order valence-corrected chi connectivity index (χ0v) is 18.9. The molecule has 136 valence electrons. The van der Waals surface area contributed by atoms with Gasteiger partial charge in [0.1, 0.15) is 0 Å². The van der Waals surface area contributed by atoms with Crippen LogP contribution >= 0.6 is 0 Å². The van der Waals surface area contributed by atoms with Crippen LogP contribution in [0.3, 0.4) is 0 Å². The normalized spacial score (nSPS) is 26.3. The SMILES string of the molecule is [CH3][Zr]([CH3])([C]1=C(C2CCCCC2)C=CC1)[C]1=C(C2CCCCC2)C=CC1. The van der Waals surface area contributed by atoms with Crippen molar-refractivity contribution >= 4 is 0 Å². The van der Waals surface area contributed by atoms with Gasteiger partial charge in [-0.15, -0.1) is 0 Å². The van der Waals surface area contributed by atoms with E-state index in [0.29, 0.717) is 0 Å². The Morgan fingerprint density at radius 3 is 1.44 bits per heavy atom. The summed E-state index contributed by atoms with van der Waals surface area (Å²) in [6, 6.07) is 0. The van der Waals surface area contributed by atoms with Crippen LogP contribution in [0.15, 0.2) is 42.0 Å². The van der Waals surface area contributed by atoms with Gasteiger partial charge in [-0.05, 0) is 0 Å². The van der Waals surface area contributed by atoms with Gasteiger partial charge in [0.05, 0.1) is 0 Å². The van der Waals surface area contributed by atoms with Crippen LogP contribution in [0.4, 0.5) is 0 Å². The Morgan fingerprint density at radius 2 is 1.04 bits per heavy atom. The van der Waals surface area contributed by atoms with E-state index in [-0.39, 0.29) is 0 Å². The number of hydrogen-bond donors (Lipinski definition) is 0. The van der Waals surface area contributed by atoms with Gasteiger partial charge in [-0.2, -0.15) is 0 Å². The Bertz CT molecular complexity index is 562. The van der Waals surface area contributed by atoms with Crippen molar-refractivity contribution in [3.8, 4) is 0 Å². The average molecular weight is 416 g/mol. The number of allylic oxidation sites excluding steroid dienone is 8. The van der Waals surface area contributed by atoms with Crippen molar-refractivity contribution < 1.29 is 20.3 Å². The van der Waals surface area contributed by atoms with E-state index < -0.39 is 20.3 Å². The molecule has 0 spiro atoms. The maximum absolute atomic E-state index is 2.74. The molecule has 25 heavy (non-hydrogen) atoms. The van der Waals surface area contributed by atoms with Crippen LogP contribution in [-0.2, 0) is 20.3 Å². The van der Waals surface area contributed by atoms with Crippen molar-refractivity contribution in [2.24, 2.45) is 11.8 Å². The summed E-state index contributed by atoms with van der Waals surface area (Å²) in [6.45, 7) is 0. The fourth-order valence-corrected chi connectivity index (χ4v) is 15.0. The second-order valence-electron chi connectivity index (χ2n) is 9.38. The zero-order valence-electron chi connectivity index (χ0n) is 16.4. The molecule has 0 amide bonds. The van der Waals surface area contributed by atoms with Crippen LogP contribution in [0.1, 0.15) is 77.0 Å². The van der Waals surface area contributed by atoms with Crippen LogP contribution in [0.2, 0.25) is 9.26 Å². The Kier molecular flexibility index (Phi) is 5.71. The van der Waals surface area contributed by atoms with Crippen LogP contribution in [-0.4, -0.2) is 0 Å². The fourth-order valence-electron chi connectivity index (χ4n) is 6.05. The van der Waals surface area contributed by atoms with Crippen molar-refractivity contribution in [1.29, 1.82) is 0 Å². The maximum atomic E-state index is 2.74. The van der Waals surface area contributed by atoms with Crippen molar-refractivity contribution in [1.82, 2.24) is 0 Å². The van der Waals surface area contributed by atoms with E-state index in [1.165, 1.54) is 77.0 Å². The van der Waals surface area contributed by atoms with Gasteiger partial charge in [0, 0.05) is 0 Å². The van der Waals surface area contributed by atoms with Gasteiger partial charge in [0.2, 0.25) is 0 Å². The van der Waals surface area contributed by atoms with Crippen molar-refractivity contribution in [3.05, 3.63) is 42.0 Å². The first-order valence-electron chi connectivity index (χ1n) is 11.0. The van der Waals surface area contributed by atoms with Crippen molar-refractivity contribution in [2.75, 3.05) is 0 Å². The van der Waals surface area contributed by atoms with E-state index in [9.17, 15) is 0 Å². The van der Waals surface area contributed by atoms with E-state index in [1.807, 2.05) is 17.7 Å². The molecular formula is C24H36Zr. The zero-order chi connectivity index (χ0) is 17.3. The predicted octanol–water partition coefficient (Wildman–Crippen LogP) is 7.83. The van der Waals surface area contributed by atoms with Gasteiger partial charge in [0.25, 0.3) is 0 Å². The van der Waals surface area contributed by atoms with Gasteiger partial charge in [-0.1, -0.05) is 0 Å². The molecule has 0 radical (unpaired) electrons. The molecule has 0 atom stereocenters. The molecule has 0 bridgehead atoms. The second kappa shape index (κ2) is 7.84. The summed E-state index contributed by atoms with van der Waals surface area (Å²) in [7, 11) is 0. The molecule has 0 aromatic heterocycles. The van der Waals surface area contributed by atoms with E-state index in [0.717, 1.165) is 11.8 Å². The molecule has 0 unspecified atom stereocenters.